The molecule has 0 aromatic heterocycles. The first-order valence-corrected chi connectivity index (χ1v) is 15.6. The minimum atomic E-state index is -0.581. The number of hydrogen-bond donors (Lipinski definition) is 1. The zero-order chi connectivity index (χ0) is 27.7. The van der Waals surface area contributed by atoms with E-state index in [1.807, 2.05) is 25.1 Å². The topological polar surface area (TPSA) is 95.0 Å². The zero-order valence-corrected chi connectivity index (χ0v) is 23.4. The van der Waals surface area contributed by atoms with Crippen LogP contribution >= 0.6 is 0 Å². The van der Waals surface area contributed by atoms with Crippen LogP contribution in [0, 0.1) is 36.5 Å². The number of likely N-dealkylation sites (tertiary alicyclic amines) is 2. The van der Waals surface area contributed by atoms with E-state index in [9.17, 15) is 24.3 Å². The Balaban J connectivity index is 1.30. The van der Waals surface area contributed by atoms with Crippen molar-refractivity contribution in [3.05, 3.63) is 41.0 Å². The summed E-state index contributed by atoms with van der Waals surface area (Å²) >= 11 is 0. The van der Waals surface area contributed by atoms with Gasteiger partial charge in [0.25, 0.3) is 0 Å². The summed E-state index contributed by atoms with van der Waals surface area (Å²) in [6.45, 7) is 1.85. The van der Waals surface area contributed by atoms with Gasteiger partial charge >= 0.3 is 0 Å². The van der Waals surface area contributed by atoms with Gasteiger partial charge in [-0.1, -0.05) is 68.4 Å². The van der Waals surface area contributed by atoms with E-state index in [1.54, 1.807) is 9.80 Å². The molecule has 3 saturated carbocycles. The quantitative estimate of drug-likeness (QED) is 0.427. The molecular formula is C33H40N2O5. The molecule has 1 N–H and O–H groups in total. The van der Waals surface area contributed by atoms with Crippen LogP contribution in [-0.4, -0.2) is 50.6 Å². The lowest BCUT2D eigenvalue weighted by molar-refractivity contribution is -0.145. The van der Waals surface area contributed by atoms with Crippen molar-refractivity contribution in [1.29, 1.82) is 0 Å². The van der Waals surface area contributed by atoms with Gasteiger partial charge < -0.3 is 5.11 Å². The average molecular weight is 545 g/mol. The van der Waals surface area contributed by atoms with Gasteiger partial charge in [-0.05, 0) is 56.9 Å². The maximum atomic E-state index is 14.2. The van der Waals surface area contributed by atoms with E-state index in [4.69, 9.17) is 0 Å². The molecule has 0 radical (unpaired) electrons. The number of nitrogens with zero attached hydrogens (tertiary/aromatic N) is 2. The fraction of sp³-hybridized carbons (Fsp3) is 0.636. The number of benzene rings is 1. The van der Waals surface area contributed by atoms with Crippen molar-refractivity contribution in [1.82, 2.24) is 9.80 Å². The second kappa shape index (κ2) is 9.85. The molecule has 6 aliphatic rings. The summed E-state index contributed by atoms with van der Waals surface area (Å²) in [5, 5.41) is 11.3. The number of para-hydroxylation sites is 1. The maximum absolute atomic E-state index is 14.2. The molecule has 4 amide bonds. The van der Waals surface area contributed by atoms with Gasteiger partial charge in [-0.25, -0.2) is 0 Å². The van der Waals surface area contributed by atoms with E-state index >= 15 is 0 Å². The van der Waals surface area contributed by atoms with E-state index < -0.39 is 29.6 Å². The molecule has 7 heteroatoms. The molecule has 1 aromatic carbocycles. The molecule has 40 heavy (non-hydrogen) atoms. The zero-order valence-electron chi connectivity index (χ0n) is 23.4. The number of carbonyl (C=O) groups is 4. The number of imide groups is 2. The molecule has 5 fully saturated rings. The van der Waals surface area contributed by atoms with Crippen molar-refractivity contribution in [2.45, 2.75) is 102 Å². The Morgan fingerprint density at radius 1 is 0.700 bits per heavy atom. The number of carbonyl (C=O) groups excluding carboxylic acids is 4. The van der Waals surface area contributed by atoms with Gasteiger partial charge in [-0.15, -0.1) is 0 Å². The van der Waals surface area contributed by atoms with Gasteiger partial charge in [0.1, 0.15) is 5.75 Å². The lowest BCUT2D eigenvalue weighted by Crippen LogP contribution is -2.44. The fourth-order valence-corrected chi connectivity index (χ4v) is 9.32. The number of aryl methyl sites for hydroxylation is 1. The predicted octanol–water partition coefficient (Wildman–Crippen LogP) is 5.00. The Morgan fingerprint density at radius 3 is 1.90 bits per heavy atom. The summed E-state index contributed by atoms with van der Waals surface area (Å²) in [4.78, 5) is 59.2. The highest BCUT2D eigenvalue weighted by Gasteiger charge is 2.63. The van der Waals surface area contributed by atoms with Crippen molar-refractivity contribution >= 4 is 23.6 Å². The first-order chi connectivity index (χ1) is 19.4. The highest BCUT2D eigenvalue weighted by molar-refractivity contribution is 6.08. The van der Waals surface area contributed by atoms with Crippen molar-refractivity contribution in [2.75, 3.05) is 0 Å². The normalized spacial score (nSPS) is 35.1. The number of allylic oxidation sites excluding steroid dienone is 2. The van der Waals surface area contributed by atoms with Crippen LogP contribution in [0.3, 0.4) is 0 Å². The molecule has 2 heterocycles. The molecule has 0 spiro atoms. The van der Waals surface area contributed by atoms with Crippen molar-refractivity contribution < 1.29 is 24.3 Å². The molecule has 2 saturated heterocycles. The third kappa shape index (κ3) is 3.75. The molecular weight excluding hydrogens is 504 g/mol. The van der Waals surface area contributed by atoms with Gasteiger partial charge in [0, 0.05) is 23.6 Å². The van der Waals surface area contributed by atoms with Crippen LogP contribution in [0.5, 0.6) is 5.75 Å². The molecule has 7 rings (SSSR count). The van der Waals surface area contributed by atoms with E-state index in [-0.39, 0.29) is 47.4 Å². The summed E-state index contributed by atoms with van der Waals surface area (Å²) < 4.78 is 0. The molecule has 212 valence electrons. The standard InChI is InChI=1S/C33H40N2O5/c1-18-9-8-14-22(29(18)36)26-21-15-16-23-27(32(39)34(30(23)37)19-10-4-2-5-11-19)24(21)17-25-28(26)33(40)35(31(25)38)20-12-6-3-7-13-20/h8-9,14-15,19-20,23-28,36H,2-7,10-13,16-17H2,1H3/t23-,24+,25+,26+,27-,28+/m0/s1. The highest BCUT2D eigenvalue weighted by Crippen LogP contribution is 2.59. The Labute approximate surface area is 236 Å². The minimum absolute atomic E-state index is 0.0211. The van der Waals surface area contributed by atoms with Crippen molar-refractivity contribution in [2.24, 2.45) is 29.6 Å². The number of hydrogen-bond acceptors (Lipinski definition) is 5. The lowest BCUT2D eigenvalue weighted by Gasteiger charge is -2.44. The molecule has 0 bridgehead atoms. The van der Waals surface area contributed by atoms with E-state index in [1.165, 1.54) is 0 Å². The van der Waals surface area contributed by atoms with Crippen LogP contribution < -0.4 is 0 Å². The van der Waals surface area contributed by atoms with Crippen LogP contribution in [-0.2, 0) is 19.2 Å². The molecule has 7 nitrogen and oxygen atoms in total. The third-order valence-electron chi connectivity index (χ3n) is 11.2. The second-order valence-corrected chi connectivity index (χ2v) is 13.2. The molecule has 2 aliphatic heterocycles. The van der Waals surface area contributed by atoms with Gasteiger partial charge in [0.15, 0.2) is 0 Å². The number of phenols is 1. The van der Waals surface area contributed by atoms with Crippen LogP contribution in [0.1, 0.15) is 94.1 Å². The summed E-state index contributed by atoms with van der Waals surface area (Å²) in [7, 11) is 0. The Hall–Kier alpha value is -2.96. The summed E-state index contributed by atoms with van der Waals surface area (Å²) in [6, 6.07) is 5.53. The Kier molecular flexibility index (Phi) is 6.39. The van der Waals surface area contributed by atoms with Gasteiger partial charge in [0.2, 0.25) is 23.6 Å². The third-order valence-corrected chi connectivity index (χ3v) is 11.2. The lowest BCUT2D eigenvalue weighted by atomic mass is 9.57. The summed E-state index contributed by atoms with van der Waals surface area (Å²) in [5.41, 5.74) is 2.36. The summed E-state index contributed by atoms with van der Waals surface area (Å²) in [5.74, 6) is -2.95. The van der Waals surface area contributed by atoms with Crippen LogP contribution in [0.2, 0.25) is 0 Å². The Bertz CT molecular complexity index is 1290. The summed E-state index contributed by atoms with van der Waals surface area (Å²) in [6.07, 6.45) is 12.8. The number of amides is 4. The second-order valence-electron chi connectivity index (χ2n) is 13.2. The predicted molar refractivity (Wildman–Crippen MR) is 148 cm³/mol. The van der Waals surface area contributed by atoms with Crippen LogP contribution in [0.25, 0.3) is 0 Å². The van der Waals surface area contributed by atoms with Gasteiger partial charge in [0.05, 0.1) is 23.7 Å². The van der Waals surface area contributed by atoms with E-state index in [0.717, 1.165) is 75.3 Å². The van der Waals surface area contributed by atoms with Crippen molar-refractivity contribution in [3.63, 3.8) is 0 Å². The fourth-order valence-electron chi connectivity index (χ4n) is 9.32. The molecule has 0 unspecified atom stereocenters. The Morgan fingerprint density at radius 2 is 1.27 bits per heavy atom. The number of phenolic OH excluding ortho intramolecular Hbond substituents is 1. The van der Waals surface area contributed by atoms with E-state index in [0.29, 0.717) is 18.4 Å². The number of rotatable bonds is 3. The largest absolute Gasteiger partial charge is 0.507 e. The molecule has 6 atom stereocenters. The first-order valence-electron chi connectivity index (χ1n) is 15.6. The van der Waals surface area contributed by atoms with Crippen molar-refractivity contribution in [3.8, 4) is 5.75 Å². The van der Waals surface area contributed by atoms with Crippen LogP contribution in [0.4, 0.5) is 0 Å². The van der Waals surface area contributed by atoms with E-state index in [2.05, 4.69) is 6.08 Å². The van der Waals surface area contributed by atoms with Gasteiger partial charge in [-0.3, -0.25) is 29.0 Å². The molecule has 4 aliphatic carbocycles. The maximum Gasteiger partial charge on any atom is 0.234 e. The van der Waals surface area contributed by atoms with Gasteiger partial charge in [-0.2, -0.15) is 0 Å². The number of aromatic hydroxyl groups is 1. The smallest absolute Gasteiger partial charge is 0.234 e. The first kappa shape index (κ1) is 26.0. The average Bonchev–Trinajstić information content (AvgIpc) is 3.38. The molecule has 1 aromatic rings. The SMILES string of the molecule is Cc1cccc([C@H]2C3=CC[C@@H]4C(=O)N(C5CCCCC5)C(=O)[C@@H]4[C@@H]3C[C@H]3C(=O)N(C4CCCCC4)C(=O)[C@@H]23)c1O. The highest BCUT2D eigenvalue weighted by atomic mass is 16.3. The minimum Gasteiger partial charge on any atom is -0.507 e. The monoisotopic (exact) mass is 544 g/mol. The number of fused-ring (bicyclic) bond motifs is 4. The van der Waals surface area contributed by atoms with Crippen LogP contribution in [0.15, 0.2) is 29.8 Å².